The summed E-state index contributed by atoms with van der Waals surface area (Å²) in [6.45, 7) is 0. The Morgan fingerprint density at radius 1 is 1.42 bits per heavy atom. The number of halogens is 1. The van der Waals surface area contributed by atoms with E-state index in [4.69, 9.17) is 21.1 Å². The number of hydrogen-bond donors (Lipinski definition) is 0. The number of ether oxygens (including phenoxy) is 2. The van der Waals surface area contributed by atoms with Gasteiger partial charge in [-0.3, -0.25) is 4.79 Å². The maximum Gasteiger partial charge on any atom is 0.353 e. The Labute approximate surface area is 118 Å². The van der Waals surface area contributed by atoms with Crippen LogP contribution in [0.2, 0.25) is 5.02 Å². The summed E-state index contributed by atoms with van der Waals surface area (Å²) >= 11 is 7.25. The first kappa shape index (κ1) is 13.6. The van der Waals surface area contributed by atoms with Crippen molar-refractivity contribution in [3.63, 3.8) is 0 Å². The number of benzene rings is 1. The summed E-state index contributed by atoms with van der Waals surface area (Å²) in [6.07, 6.45) is 0.638. The van der Waals surface area contributed by atoms with Crippen LogP contribution in [-0.4, -0.2) is 19.4 Å². The molecule has 2 aromatic rings. The normalized spacial score (nSPS) is 10.0. The Hall–Kier alpha value is -1.85. The molecule has 0 bridgehead atoms. The number of esters is 1. The third kappa shape index (κ3) is 2.94. The Morgan fingerprint density at radius 3 is 2.79 bits per heavy atom. The summed E-state index contributed by atoms with van der Waals surface area (Å²) in [7, 11) is 1.41. The summed E-state index contributed by atoms with van der Waals surface area (Å²) in [5.74, 6) is -0.179. The zero-order chi connectivity index (χ0) is 13.8. The number of carbonyl (C=O) groups is 2. The lowest BCUT2D eigenvalue weighted by molar-refractivity contribution is 0.0735. The van der Waals surface area contributed by atoms with Gasteiger partial charge in [-0.1, -0.05) is 17.7 Å². The summed E-state index contributed by atoms with van der Waals surface area (Å²) in [6, 6.07) is 6.26. The quantitative estimate of drug-likeness (QED) is 0.493. The molecule has 1 aromatic carbocycles. The number of carbonyl (C=O) groups excluding carboxylic acids is 2. The van der Waals surface area contributed by atoms with E-state index < -0.39 is 5.97 Å². The Morgan fingerprint density at radius 2 is 2.21 bits per heavy atom. The van der Waals surface area contributed by atoms with Crippen molar-refractivity contribution < 1.29 is 19.1 Å². The molecule has 0 aliphatic carbocycles. The lowest BCUT2D eigenvalue weighted by Gasteiger charge is -2.10. The van der Waals surface area contributed by atoms with Crippen molar-refractivity contribution in [2.45, 2.75) is 0 Å². The second-order valence-electron chi connectivity index (χ2n) is 3.52. The van der Waals surface area contributed by atoms with Crippen molar-refractivity contribution in [1.82, 2.24) is 0 Å². The molecule has 0 radical (unpaired) electrons. The van der Waals surface area contributed by atoms with Crippen LogP contribution in [0, 0.1) is 0 Å². The van der Waals surface area contributed by atoms with E-state index in [9.17, 15) is 9.59 Å². The highest BCUT2D eigenvalue weighted by atomic mass is 35.5. The van der Waals surface area contributed by atoms with Crippen LogP contribution in [0.3, 0.4) is 0 Å². The van der Waals surface area contributed by atoms with Crippen LogP contribution in [-0.2, 0) is 0 Å². The van der Waals surface area contributed by atoms with Crippen molar-refractivity contribution in [2.75, 3.05) is 7.11 Å². The average Bonchev–Trinajstić information content (AvgIpc) is 2.94. The molecule has 0 atom stereocenters. The summed E-state index contributed by atoms with van der Waals surface area (Å²) in [4.78, 5) is 23.0. The monoisotopic (exact) mass is 296 g/mol. The molecule has 0 fully saturated rings. The van der Waals surface area contributed by atoms with Crippen LogP contribution < -0.4 is 9.47 Å². The molecule has 98 valence electrons. The first-order valence-corrected chi connectivity index (χ1v) is 6.50. The van der Waals surface area contributed by atoms with Gasteiger partial charge in [-0.05, 0) is 23.6 Å². The van der Waals surface area contributed by atoms with Gasteiger partial charge in [0.15, 0.2) is 11.5 Å². The maximum absolute atomic E-state index is 11.9. The number of thiophene rings is 1. The van der Waals surface area contributed by atoms with Crippen LogP contribution in [0.15, 0.2) is 29.6 Å². The highest BCUT2D eigenvalue weighted by molar-refractivity contribution is 7.12. The van der Waals surface area contributed by atoms with Crippen LogP contribution in [0.1, 0.15) is 20.0 Å². The van der Waals surface area contributed by atoms with E-state index in [-0.39, 0.29) is 16.5 Å². The smallest absolute Gasteiger partial charge is 0.353 e. The topological polar surface area (TPSA) is 52.6 Å². The lowest BCUT2D eigenvalue weighted by Crippen LogP contribution is -2.08. The van der Waals surface area contributed by atoms with Gasteiger partial charge in [-0.15, -0.1) is 11.3 Å². The molecule has 4 nitrogen and oxygen atoms in total. The van der Waals surface area contributed by atoms with Crippen LogP contribution >= 0.6 is 22.9 Å². The minimum Gasteiger partial charge on any atom is -0.493 e. The summed E-state index contributed by atoms with van der Waals surface area (Å²) in [5.41, 5.74) is 0.345. The first-order chi connectivity index (χ1) is 9.15. The molecule has 0 unspecified atom stereocenters. The zero-order valence-corrected chi connectivity index (χ0v) is 11.5. The Balaban J connectivity index is 2.34. The number of methoxy groups -OCH3 is 1. The molecule has 0 spiro atoms. The maximum atomic E-state index is 11.9. The van der Waals surface area contributed by atoms with E-state index >= 15 is 0 Å². The number of rotatable bonds is 4. The summed E-state index contributed by atoms with van der Waals surface area (Å²) in [5, 5.41) is 1.91. The molecule has 0 aliphatic heterocycles. The van der Waals surface area contributed by atoms with Crippen molar-refractivity contribution in [3.8, 4) is 11.5 Å². The molecule has 2 rings (SSSR count). The van der Waals surface area contributed by atoms with Crippen LogP contribution in [0.25, 0.3) is 0 Å². The largest absolute Gasteiger partial charge is 0.493 e. The number of hydrogen-bond acceptors (Lipinski definition) is 5. The molecular formula is C13H9ClO4S. The van der Waals surface area contributed by atoms with Crippen LogP contribution in [0.5, 0.6) is 11.5 Å². The SMILES string of the molecule is COc1cc(C=O)cc(Cl)c1OC(=O)c1cccs1. The molecule has 1 aromatic heterocycles. The standard InChI is InChI=1S/C13H9ClO4S/c1-17-10-6-8(7-15)5-9(14)12(10)18-13(16)11-3-2-4-19-11/h2-7H,1H3. The Kier molecular flexibility index (Phi) is 4.19. The molecule has 0 aliphatic rings. The third-order valence-electron chi connectivity index (χ3n) is 2.30. The van der Waals surface area contributed by atoms with Gasteiger partial charge in [0, 0.05) is 5.56 Å². The molecule has 19 heavy (non-hydrogen) atoms. The molecule has 0 saturated carbocycles. The third-order valence-corrected chi connectivity index (χ3v) is 3.44. The second-order valence-corrected chi connectivity index (χ2v) is 4.87. The Bertz CT molecular complexity index is 607. The molecule has 0 saturated heterocycles. The molecular weight excluding hydrogens is 288 g/mol. The van der Waals surface area contributed by atoms with E-state index in [0.29, 0.717) is 16.7 Å². The van der Waals surface area contributed by atoms with Gasteiger partial charge >= 0.3 is 5.97 Å². The van der Waals surface area contributed by atoms with Crippen molar-refractivity contribution in [1.29, 1.82) is 0 Å². The van der Waals surface area contributed by atoms with E-state index in [1.165, 1.54) is 30.6 Å². The van der Waals surface area contributed by atoms with Crippen molar-refractivity contribution in [3.05, 3.63) is 45.1 Å². The zero-order valence-electron chi connectivity index (χ0n) is 9.88. The fourth-order valence-electron chi connectivity index (χ4n) is 1.44. The van der Waals surface area contributed by atoms with E-state index in [1.54, 1.807) is 17.5 Å². The van der Waals surface area contributed by atoms with Gasteiger partial charge in [0.1, 0.15) is 11.2 Å². The minimum absolute atomic E-state index is 0.105. The van der Waals surface area contributed by atoms with Gasteiger partial charge in [0.25, 0.3) is 0 Å². The minimum atomic E-state index is -0.519. The summed E-state index contributed by atoms with van der Waals surface area (Å²) < 4.78 is 10.3. The van der Waals surface area contributed by atoms with Gasteiger partial charge in [0.05, 0.1) is 12.1 Å². The highest BCUT2D eigenvalue weighted by Crippen LogP contribution is 2.36. The number of aldehydes is 1. The molecule has 0 amide bonds. The van der Waals surface area contributed by atoms with Gasteiger partial charge < -0.3 is 9.47 Å². The predicted molar refractivity (Wildman–Crippen MR) is 72.7 cm³/mol. The average molecular weight is 297 g/mol. The molecule has 1 heterocycles. The lowest BCUT2D eigenvalue weighted by atomic mass is 10.2. The predicted octanol–water partition coefficient (Wildman–Crippen LogP) is 3.44. The molecule has 0 N–H and O–H groups in total. The first-order valence-electron chi connectivity index (χ1n) is 5.24. The van der Waals surface area contributed by atoms with Gasteiger partial charge in [0.2, 0.25) is 0 Å². The molecule has 6 heteroatoms. The van der Waals surface area contributed by atoms with E-state index in [0.717, 1.165) is 0 Å². The fraction of sp³-hybridized carbons (Fsp3) is 0.0769. The van der Waals surface area contributed by atoms with Gasteiger partial charge in [-0.25, -0.2) is 4.79 Å². The second kappa shape index (κ2) is 5.86. The van der Waals surface area contributed by atoms with Crippen LogP contribution in [0.4, 0.5) is 0 Å². The van der Waals surface area contributed by atoms with Crippen molar-refractivity contribution >= 4 is 35.2 Å². The van der Waals surface area contributed by atoms with E-state index in [1.807, 2.05) is 0 Å². The van der Waals surface area contributed by atoms with Gasteiger partial charge in [-0.2, -0.15) is 0 Å². The fourth-order valence-corrected chi connectivity index (χ4v) is 2.30. The highest BCUT2D eigenvalue weighted by Gasteiger charge is 2.17. The van der Waals surface area contributed by atoms with E-state index in [2.05, 4.69) is 0 Å². The van der Waals surface area contributed by atoms with Crippen molar-refractivity contribution in [2.24, 2.45) is 0 Å².